The Morgan fingerprint density at radius 3 is 1.31 bits per heavy atom. The zero-order valence-corrected chi connectivity index (χ0v) is 30.9. The van der Waals surface area contributed by atoms with Crippen LogP contribution in [0.4, 0.5) is 9.59 Å². The molecule has 6 aromatic rings. The summed E-state index contributed by atoms with van der Waals surface area (Å²) in [5.41, 5.74) is 4.33. The van der Waals surface area contributed by atoms with Gasteiger partial charge >= 0.3 is 12.2 Å². The minimum Gasteiger partial charge on any atom is -0.465 e. The molecule has 0 radical (unpaired) electrons. The van der Waals surface area contributed by atoms with E-state index in [4.69, 9.17) is 0 Å². The molecule has 2 aliphatic rings. The van der Waals surface area contributed by atoms with Crippen molar-refractivity contribution in [2.45, 2.75) is 49.9 Å². The zero-order chi connectivity index (χ0) is 40.2. The molecule has 2 saturated heterocycles. The molecule has 0 bridgehead atoms. The van der Waals surface area contributed by atoms with E-state index in [1.807, 2.05) is 0 Å². The molecule has 6 N–H and O–H groups in total. The Kier molecular flexibility index (Phi) is 10.5. The predicted octanol–water partition coefficient (Wildman–Crippen LogP) is 5.06. The van der Waals surface area contributed by atoms with E-state index in [9.17, 15) is 29.4 Å². The summed E-state index contributed by atoms with van der Waals surface area (Å²) in [6.45, 7) is 0.924. The highest BCUT2D eigenvalue weighted by atomic mass is 16.4. The van der Waals surface area contributed by atoms with Crippen molar-refractivity contribution in [2.75, 3.05) is 13.1 Å². The molecule has 2 unspecified atom stereocenters. The number of rotatable bonds is 11. The maximum atomic E-state index is 13.7. The molecular weight excluding hydrogens is 745 g/mol. The number of carbonyl (C=O) groups is 4. The average molecular weight is 783 g/mol. The van der Waals surface area contributed by atoms with E-state index in [1.165, 1.54) is 0 Å². The van der Waals surface area contributed by atoms with Crippen LogP contribution in [0, 0.1) is 0 Å². The van der Waals surface area contributed by atoms with Gasteiger partial charge in [0, 0.05) is 13.1 Å². The lowest BCUT2D eigenvalue weighted by atomic mass is 10.1. The summed E-state index contributed by atoms with van der Waals surface area (Å²) in [5, 5.41) is 41.2. The second-order valence-electron chi connectivity index (χ2n) is 13.9. The Hall–Kier alpha value is -7.50. The Labute approximate surface area is 330 Å². The van der Waals surface area contributed by atoms with Gasteiger partial charge in [-0.15, -0.1) is 20.4 Å². The van der Waals surface area contributed by atoms with Crippen LogP contribution in [-0.2, 0) is 9.59 Å². The predicted molar refractivity (Wildman–Crippen MR) is 206 cm³/mol. The highest BCUT2D eigenvalue weighted by Crippen LogP contribution is 2.35. The summed E-state index contributed by atoms with van der Waals surface area (Å²) in [7, 11) is 0. The SMILES string of the molecule is O=C(O)NC(C(=O)N1CCCC1c1ncc(-c2ccc(-c3ccc(-c4cnc([C@@H]5CCCN5C(=O)[C@H](NC(=O)O)c5ccccc5)[nH]4)nn3)nn2)[nH]1)c1ccccc1. The van der Waals surface area contributed by atoms with E-state index in [-0.39, 0.29) is 23.9 Å². The van der Waals surface area contributed by atoms with E-state index in [1.54, 1.807) is 107 Å². The molecule has 18 heteroatoms. The number of aromatic nitrogens is 8. The summed E-state index contributed by atoms with van der Waals surface area (Å²) >= 11 is 0. The van der Waals surface area contributed by atoms with Gasteiger partial charge in [0.05, 0.1) is 35.9 Å². The van der Waals surface area contributed by atoms with Crippen LogP contribution in [0.5, 0.6) is 0 Å². The molecule has 58 heavy (non-hydrogen) atoms. The van der Waals surface area contributed by atoms with E-state index in [0.29, 0.717) is 82.9 Å². The molecule has 18 nitrogen and oxygen atoms in total. The lowest BCUT2D eigenvalue weighted by molar-refractivity contribution is -0.135. The van der Waals surface area contributed by atoms with E-state index in [2.05, 4.69) is 51.0 Å². The largest absolute Gasteiger partial charge is 0.465 e. The van der Waals surface area contributed by atoms with Crippen LogP contribution in [0.1, 0.15) is 72.6 Å². The highest BCUT2D eigenvalue weighted by molar-refractivity contribution is 5.88. The van der Waals surface area contributed by atoms with Gasteiger partial charge in [-0.25, -0.2) is 19.6 Å². The van der Waals surface area contributed by atoms with Gasteiger partial charge in [-0.1, -0.05) is 60.7 Å². The maximum absolute atomic E-state index is 13.7. The number of hydrogen-bond acceptors (Lipinski definition) is 10. The Morgan fingerprint density at radius 2 is 0.948 bits per heavy atom. The Balaban J connectivity index is 0.929. The molecule has 8 rings (SSSR count). The number of nitrogens with one attached hydrogen (secondary N) is 4. The summed E-state index contributed by atoms with van der Waals surface area (Å²) in [6.07, 6.45) is 3.48. The molecule has 2 aliphatic heterocycles. The number of nitrogens with zero attached hydrogens (tertiary/aromatic N) is 8. The van der Waals surface area contributed by atoms with Crippen LogP contribution < -0.4 is 10.6 Å². The Morgan fingerprint density at radius 1 is 0.569 bits per heavy atom. The van der Waals surface area contributed by atoms with Crippen LogP contribution in [0.3, 0.4) is 0 Å². The normalized spacial score (nSPS) is 17.4. The quantitative estimate of drug-likeness (QED) is 0.101. The molecule has 294 valence electrons. The first-order valence-electron chi connectivity index (χ1n) is 18.7. The first-order valence-corrected chi connectivity index (χ1v) is 18.7. The number of H-pyrrole nitrogens is 2. The number of hydrogen-bond donors (Lipinski definition) is 6. The lowest BCUT2D eigenvalue weighted by Crippen LogP contribution is -2.42. The first-order chi connectivity index (χ1) is 28.2. The van der Waals surface area contributed by atoms with Gasteiger partial charge in [0.25, 0.3) is 11.8 Å². The fourth-order valence-electron chi connectivity index (χ4n) is 7.57. The van der Waals surface area contributed by atoms with Crippen molar-refractivity contribution in [3.05, 3.63) is 120 Å². The van der Waals surface area contributed by atoms with Crippen molar-refractivity contribution in [2.24, 2.45) is 0 Å². The number of likely N-dealkylation sites (tertiary alicyclic amines) is 2. The summed E-state index contributed by atoms with van der Waals surface area (Å²) in [6, 6.07) is 21.8. The van der Waals surface area contributed by atoms with Crippen LogP contribution in [0.15, 0.2) is 97.3 Å². The number of carbonyl (C=O) groups excluding carboxylic acids is 2. The van der Waals surface area contributed by atoms with E-state index in [0.717, 1.165) is 12.8 Å². The summed E-state index contributed by atoms with van der Waals surface area (Å²) in [5.74, 6) is 0.428. The molecule has 6 heterocycles. The van der Waals surface area contributed by atoms with E-state index >= 15 is 0 Å². The van der Waals surface area contributed by atoms with Crippen molar-refractivity contribution < 1.29 is 29.4 Å². The van der Waals surface area contributed by atoms with Crippen LogP contribution in [-0.4, -0.2) is 97.4 Å². The third-order valence-corrected chi connectivity index (χ3v) is 10.3. The molecule has 0 spiro atoms. The number of imidazole rings is 2. The van der Waals surface area contributed by atoms with Gasteiger partial charge in [-0.05, 0) is 61.1 Å². The fourth-order valence-corrected chi connectivity index (χ4v) is 7.57. The second-order valence-corrected chi connectivity index (χ2v) is 13.9. The van der Waals surface area contributed by atoms with Gasteiger partial charge in [-0.3, -0.25) is 9.59 Å². The number of amides is 4. The second kappa shape index (κ2) is 16.3. The molecule has 2 aromatic carbocycles. The molecule has 0 saturated carbocycles. The van der Waals surface area contributed by atoms with E-state index < -0.39 is 24.3 Å². The topological polar surface area (TPSA) is 248 Å². The van der Waals surface area contributed by atoms with Gasteiger partial charge < -0.3 is 40.6 Å². The minimum atomic E-state index is -1.29. The standard InChI is InChI=1S/C40H38N12O6/c53-37(33(45-39(55)56)23-9-3-1-4-10-23)51-19-7-13-31(51)35-41-21-29(43-35)27-17-15-25(47-49-27)26-16-18-28(50-48-26)30-22-42-36(44-30)32-14-8-20-52(32)38(54)34(46-40(57)58)24-11-5-2-6-12-24/h1-6,9-12,15-18,21-22,31-34,45-46H,7-8,13-14,19-20H2,(H,41,43)(H,42,44)(H,55,56)(H,57,58)/t31-,32?,33+,34?/m0/s1. The average Bonchev–Trinajstić information content (AvgIpc) is 4.09. The maximum Gasteiger partial charge on any atom is 0.405 e. The van der Waals surface area contributed by atoms with Crippen molar-refractivity contribution in [1.82, 2.24) is 60.8 Å². The zero-order valence-electron chi connectivity index (χ0n) is 30.9. The lowest BCUT2D eigenvalue weighted by Gasteiger charge is -2.28. The molecule has 2 fully saturated rings. The van der Waals surface area contributed by atoms with Crippen LogP contribution in [0.2, 0.25) is 0 Å². The molecular formula is C40H38N12O6. The van der Waals surface area contributed by atoms with Crippen LogP contribution >= 0.6 is 0 Å². The van der Waals surface area contributed by atoms with Gasteiger partial charge in [-0.2, -0.15) is 0 Å². The molecule has 4 aromatic heterocycles. The van der Waals surface area contributed by atoms with Crippen LogP contribution in [0.25, 0.3) is 34.2 Å². The minimum absolute atomic E-state index is 0.352. The Bertz CT molecular complexity index is 2240. The van der Waals surface area contributed by atoms with Crippen molar-refractivity contribution in [1.29, 1.82) is 0 Å². The van der Waals surface area contributed by atoms with Crippen molar-refractivity contribution in [3.63, 3.8) is 0 Å². The third kappa shape index (κ3) is 7.79. The van der Waals surface area contributed by atoms with Crippen molar-refractivity contribution >= 4 is 24.0 Å². The number of benzene rings is 2. The van der Waals surface area contributed by atoms with Gasteiger partial charge in [0.15, 0.2) is 0 Å². The smallest absolute Gasteiger partial charge is 0.405 e. The molecule has 4 amide bonds. The van der Waals surface area contributed by atoms with Gasteiger partial charge in [0.2, 0.25) is 0 Å². The third-order valence-electron chi connectivity index (χ3n) is 10.3. The van der Waals surface area contributed by atoms with Crippen molar-refractivity contribution in [3.8, 4) is 34.2 Å². The summed E-state index contributed by atoms with van der Waals surface area (Å²) < 4.78 is 0. The number of aromatic amines is 2. The first kappa shape index (κ1) is 37.4. The highest BCUT2D eigenvalue weighted by Gasteiger charge is 2.38. The monoisotopic (exact) mass is 782 g/mol. The summed E-state index contributed by atoms with van der Waals surface area (Å²) in [4.78, 5) is 69.6. The molecule has 4 atom stereocenters. The molecule has 0 aliphatic carbocycles. The fraction of sp³-hybridized carbons (Fsp3) is 0.250. The van der Waals surface area contributed by atoms with Gasteiger partial charge in [0.1, 0.15) is 46.5 Å². The number of carboxylic acid groups (broad SMARTS) is 2.